The first-order valence-corrected chi connectivity index (χ1v) is 4.23. The van der Waals surface area contributed by atoms with Crippen LogP contribution in [-0.4, -0.2) is 37.0 Å². The summed E-state index contributed by atoms with van der Waals surface area (Å²) in [6, 6.07) is 0.713. The van der Waals surface area contributed by atoms with Crippen molar-refractivity contribution in [3.05, 3.63) is 0 Å². The zero-order chi connectivity index (χ0) is 6.57. The van der Waals surface area contributed by atoms with E-state index in [1.54, 1.807) is 0 Å². The van der Waals surface area contributed by atoms with Gasteiger partial charge in [0.2, 0.25) is 0 Å². The van der Waals surface area contributed by atoms with Crippen LogP contribution >= 0.6 is 11.8 Å². The van der Waals surface area contributed by atoms with Gasteiger partial charge in [-0.1, -0.05) is 0 Å². The molecular formula is C6H15NS. The number of nitrogens with zero attached hydrogens (tertiary/aromatic N) is 1. The molecule has 0 heterocycles. The number of thioether (sulfide) groups is 1. The molecule has 1 atom stereocenters. The van der Waals surface area contributed by atoms with E-state index in [1.165, 1.54) is 5.75 Å². The third kappa shape index (κ3) is 3.33. The highest BCUT2D eigenvalue weighted by Crippen LogP contribution is 1.99. The van der Waals surface area contributed by atoms with E-state index in [9.17, 15) is 0 Å². The van der Waals surface area contributed by atoms with Crippen molar-refractivity contribution < 1.29 is 0 Å². The van der Waals surface area contributed by atoms with Gasteiger partial charge >= 0.3 is 0 Å². The Kier molecular flexibility index (Phi) is 4.38. The second-order valence-electron chi connectivity index (χ2n) is 2.27. The average molecular weight is 133 g/mol. The first kappa shape index (κ1) is 8.31. The Bertz CT molecular complexity index is 54.5. The van der Waals surface area contributed by atoms with Gasteiger partial charge in [-0.25, -0.2) is 0 Å². The van der Waals surface area contributed by atoms with Crippen LogP contribution in [0, 0.1) is 0 Å². The molecule has 0 unspecified atom stereocenters. The first-order valence-electron chi connectivity index (χ1n) is 2.84. The van der Waals surface area contributed by atoms with E-state index in [0.717, 1.165) is 0 Å². The third-order valence-electron chi connectivity index (χ3n) is 1.29. The van der Waals surface area contributed by atoms with E-state index in [-0.39, 0.29) is 0 Å². The highest BCUT2D eigenvalue weighted by molar-refractivity contribution is 7.98. The summed E-state index contributed by atoms with van der Waals surface area (Å²) in [5.74, 6) is 1.23. The van der Waals surface area contributed by atoms with Crippen LogP contribution in [0.1, 0.15) is 6.92 Å². The van der Waals surface area contributed by atoms with E-state index in [2.05, 4.69) is 32.2 Å². The molecular weight excluding hydrogens is 118 g/mol. The smallest absolute Gasteiger partial charge is 0.0151 e. The molecule has 0 aromatic heterocycles. The Labute approximate surface area is 56.4 Å². The molecule has 50 valence electrons. The lowest BCUT2D eigenvalue weighted by Crippen LogP contribution is -2.26. The van der Waals surface area contributed by atoms with Crippen molar-refractivity contribution in [2.75, 3.05) is 26.1 Å². The Hall–Kier alpha value is 0.310. The van der Waals surface area contributed by atoms with Crippen LogP contribution in [-0.2, 0) is 0 Å². The predicted octanol–water partition coefficient (Wildman–Crippen LogP) is 1.30. The minimum absolute atomic E-state index is 0.713. The van der Waals surface area contributed by atoms with Gasteiger partial charge in [-0.2, -0.15) is 11.8 Å². The fraction of sp³-hybridized carbons (Fsp3) is 1.00. The monoisotopic (exact) mass is 133 g/mol. The second kappa shape index (κ2) is 4.21. The van der Waals surface area contributed by atoms with Gasteiger partial charge in [-0.05, 0) is 27.3 Å². The van der Waals surface area contributed by atoms with Crippen molar-refractivity contribution in [3.8, 4) is 0 Å². The van der Waals surface area contributed by atoms with E-state index < -0.39 is 0 Å². The van der Waals surface area contributed by atoms with Gasteiger partial charge in [0, 0.05) is 11.8 Å². The second-order valence-corrected chi connectivity index (χ2v) is 3.18. The van der Waals surface area contributed by atoms with Crippen molar-refractivity contribution in [1.82, 2.24) is 4.90 Å². The Morgan fingerprint density at radius 1 is 1.50 bits per heavy atom. The molecule has 0 N–H and O–H groups in total. The molecule has 8 heavy (non-hydrogen) atoms. The highest BCUT2D eigenvalue weighted by atomic mass is 32.2. The zero-order valence-electron chi connectivity index (χ0n) is 6.14. The van der Waals surface area contributed by atoms with E-state index >= 15 is 0 Å². The van der Waals surface area contributed by atoms with Crippen LogP contribution in [0.3, 0.4) is 0 Å². The summed E-state index contributed by atoms with van der Waals surface area (Å²) < 4.78 is 0. The quantitative estimate of drug-likeness (QED) is 0.571. The Balaban J connectivity index is 3.17. The van der Waals surface area contributed by atoms with E-state index in [0.29, 0.717) is 6.04 Å². The SMILES string of the molecule is CSC[C@H](C)N(C)C. The molecule has 0 fully saturated rings. The standard InChI is InChI=1S/C6H15NS/c1-6(5-8-4)7(2)3/h6H,5H2,1-4H3/t6-/m0/s1. The van der Waals surface area contributed by atoms with Gasteiger partial charge in [-0.3, -0.25) is 0 Å². The fourth-order valence-corrected chi connectivity index (χ4v) is 1.17. The minimum atomic E-state index is 0.713. The molecule has 0 amide bonds. The maximum atomic E-state index is 2.23. The lowest BCUT2D eigenvalue weighted by Gasteiger charge is -2.17. The van der Waals surface area contributed by atoms with Gasteiger partial charge < -0.3 is 4.90 Å². The van der Waals surface area contributed by atoms with Crippen molar-refractivity contribution in [3.63, 3.8) is 0 Å². The van der Waals surface area contributed by atoms with Crippen molar-refractivity contribution >= 4 is 11.8 Å². The van der Waals surface area contributed by atoms with E-state index in [4.69, 9.17) is 0 Å². The lowest BCUT2D eigenvalue weighted by molar-refractivity contribution is 0.340. The topological polar surface area (TPSA) is 3.24 Å². The van der Waals surface area contributed by atoms with Crippen molar-refractivity contribution in [2.24, 2.45) is 0 Å². The molecule has 0 aromatic carbocycles. The summed E-state index contributed by atoms with van der Waals surface area (Å²) in [6.45, 7) is 2.23. The Morgan fingerprint density at radius 3 is 2.12 bits per heavy atom. The molecule has 2 heteroatoms. The normalized spacial score (nSPS) is 14.6. The van der Waals surface area contributed by atoms with Crippen LogP contribution in [0.25, 0.3) is 0 Å². The molecule has 0 aliphatic rings. The van der Waals surface area contributed by atoms with Crippen LogP contribution in [0.5, 0.6) is 0 Å². The van der Waals surface area contributed by atoms with Gasteiger partial charge in [0.25, 0.3) is 0 Å². The number of hydrogen-bond acceptors (Lipinski definition) is 2. The summed E-state index contributed by atoms with van der Waals surface area (Å²) in [4.78, 5) is 2.23. The molecule has 0 aromatic rings. The first-order chi connectivity index (χ1) is 3.68. The molecule has 0 bridgehead atoms. The summed E-state index contributed by atoms with van der Waals surface area (Å²) in [5.41, 5.74) is 0. The van der Waals surface area contributed by atoms with Gasteiger partial charge in [0.15, 0.2) is 0 Å². The van der Waals surface area contributed by atoms with Gasteiger partial charge in [-0.15, -0.1) is 0 Å². The van der Waals surface area contributed by atoms with Gasteiger partial charge in [0.1, 0.15) is 0 Å². The zero-order valence-corrected chi connectivity index (χ0v) is 6.96. The van der Waals surface area contributed by atoms with Crippen molar-refractivity contribution in [2.45, 2.75) is 13.0 Å². The fourth-order valence-electron chi connectivity index (χ4n) is 0.390. The van der Waals surface area contributed by atoms with Crippen LogP contribution in [0.4, 0.5) is 0 Å². The third-order valence-corrected chi connectivity index (χ3v) is 2.11. The summed E-state index contributed by atoms with van der Waals surface area (Å²) >= 11 is 1.90. The maximum absolute atomic E-state index is 2.23. The molecule has 0 aliphatic heterocycles. The molecule has 0 rings (SSSR count). The molecule has 1 nitrogen and oxygen atoms in total. The van der Waals surface area contributed by atoms with Gasteiger partial charge in [0.05, 0.1) is 0 Å². The predicted molar refractivity (Wildman–Crippen MR) is 41.5 cm³/mol. The minimum Gasteiger partial charge on any atom is -0.306 e. The van der Waals surface area contributed by atoms with Crippen LogP contribution in [0.2, 0.25) is 0 Å². The summed E-state index contributed by atoms with van der Waals surface area (Å²) in [7, 11) is 4.22. The van der Waals surface area contributed by atoms with Crippen LogP contribution < -0.4 is 0 Å². The van der Waals surface area contributed by atoms with E-state index in [1.807, 2.05) is 11.8 Å². The molecule has 0 saturated heterocycles. The summed E-state index contributed by atoms with van der Waals surface area (Å²) in [6.07, 6.45) is 2.14. The number of hydrogen-bond donors (Lipinski definition) is 0. The molecule has 0 aliphatic carbocycles. The molecule has 0 spiro atoms. The molecule has 0 saturated carbocycles. The maximum Gasteiger partial charge on any atom is 0.0151 e. The number of rotatable bonds is 3. The largest absolute Gasteiger partial charge is 0.306 e. The lowest BCUT2D eigenvalue weighted by atomic mass is 10.4. The van der Waals surface area contributed by atoms with Crippen molar-refractivity contribution in [1.29, 1.82) is 0 Å². The molecule has 0 radical (unpaired) electrons. The highest BCUT2D eigenvalue weighted by Gasteiger charge is 2.00. The Morgan fingerprint density at radius 2 is 2.00 bits per heavy atom. The average Bonchev–Trinajstić information content (AvgIpc) is 1.67. The van der Waals surface area contributed by atoms with Crippen LogP contribution in [0.15, 0.2) is 0 Å². The summed E-state index contributed by atoms with van der Waals surface area (Å²) in [5, 5.41) is 0.